The number of anilines is 1. The van der Waals surface area contributed by atoms with Crippen molar-refractivity contribution in [1.29, 1.82) is 0 Å². The van der Waals surface area contributed by atoms with Gasteiger partial charge in [-0.3, -0.25) is 0 Å². The van der Waals surface area contributed by atoms with Crippen molar-refractivity contribution in [3.8, 4) is 5.75 Å². The average Bonchev–Trinajstić information content (AvgIpc) is 2.73. The fraction of sp³-hybridized carbons (Fsp3) is 0.625. The van der Waals surface area contributed by atoms with Crippen LogP contribution in [0.3, 0.4) is 0 Å². The molecule has 1 aliphatic rings. The van der Waals surface area contributed by atoms with Gasteiger partial charge in [0, 0.05) is 32.2 Å². The van der Waals surface area contributed by atoms with Crippen LogP contribution in [0.25, 0.3) is 0 Å². The number of rotatable bonds is 5. The van der Waals surface area contributed by atoms with Crippen LogP contribution in [0.15, 0.2) is 18.2 Å². The van der Waals surface area contributed by atoms with E-state index in [0.29, 0.717) is 6.04 Å². The first-order valence-electron chi connectivity index (χ1n) is 7.56. The highest BCUT2D eigenvalue weighted by molar-refractivity contribution is 5.60. The molecule has 0 radical (unpaired) electrons. The SMILES string of the molecule is COc1cc(CNC(C)C)ccc1N1CCCNCC1. The predicted octanol–water partition coefficient (Wildman–Crippen LogP) is 1.99. The first-order chi connectivity index (χ1) is 9.70. The number of methoxy groups -OCH3 is 1. The molecule has 0 unspecified atom stereocenters. The lowest BCUT2D eigenvalue weighted by Gasteiger charge is -2.25. The highest BCUT2D eigenvalue weighted by Crippen LogP contribution is 2.29. The zero-order chi connectivity index (χ0) is 14.4. The third-order valence-corrected chi connectivity index (χ3v) is 3.64. The molecule has 1 aromatic carbocycles. The summed E-state index contributed by atoms with van der Waals surface area (Å²) in [6.07, 6.45) is 1.18. The Balaban J connectivity index is 2.12. The summed E-state index contributed by atoms with van der Waals surface area (Å²) in [5.74, 6) is 0.981. The van der Waals surface area contributed by atoms with Gasteiger partial charge in [-0.15, -0.1) is 0 Å². The van der Waals surface area contributed by atoms with Crippen LogP contribution >= 0.6 is 0 Å². The minimum absolute atomic E-state index is 0.498. The van der Waals surface area contributed by atoms with Crippen molar-refractivity contribution >= 4 is 5.69 Å². The topological polar surface area (TPSA) is 36.5 Å². The van der Waals surface area contributed by atoms with Gasteiger partial charge < -0.3 is 20.3 Å². The van der Waals surface area contributed by atoms with Crippen LogP contribution in [0.2, 0.25) is 0 Å². The van der Waals surface area contributed by atoms with Crippen molar-refractivity contribution in [1.82, 2.24) is 10.6 Å². The smallest absolute Gasteiger partial charge is 0.142 e. The Bertz CT molecular complexity index is 412. The maximum atomic E-state index is 5.60. The second kappa shape index (κ2) is 7.50. The lowest BCUT2D eigenvalue weighted by atomic mass is 10.1. The third kappa shape index (κ3) is 4.12. The van der Waals surface area contributed by atoms with E-state index in [2.05, 4.69) is 47.6 Å². The van der Waals surface area contributed by atoms with Crippen LogP contribution in [-0.2, 0) is 6.54 Å². The molecule has 1 fully saturated rings. The van der Waals surface area contributed by atoms with Crippen LogP contribution in [0.5, 0.6) is 5.75 Å². The molecule has 0 amide bonds. The summed E-state index contributed by atoms with van der Waals surface area (Å²) in [6.45, 7) is 9.49. The molecule has 0 bridgehead atoms. The molecule has 4 heteroatoms. The molecule has 1 aliphatic heterocycles. The standard InChI is InChI=1S/C16H27N3O/c1-13(2)18-12-14-5-6-15(16(11-14)20-3)19-9-4-7-17-8-10-19/h5-6,11,13,17-18H,4,7-10,12H2,1-3H3. The minimum atomic E-state index is 0.498. The van der Waals surface area contributed by atoms with Gasteiger partial charge in [0.2, 0.25) is 0 Å². The largest absolute Gasteiger partial charge is 0.495 e. The van der Waals surface area contributed by atoms with E-state index >= 15 is 0 Å². The van der Waals surface area contributed by atoms with Crippen LogP contribution in [0, 0.1) is 0 Å². The van der Waals surface area contributed by atoms with E-state index in [1.54, 1.807) is 7.11 Å². The summed E-state index contributed by atoms with van der Waals surface area (Å²) in [6, 6.07) is 7.05. The summed E-state index contributed by atoms with van der Waals surface area (Å²) >= 11 is 0. The molecule has 0 spiro atoms. The fourth-order valence-electron chi connectivity index (χ4n) is 2.50. The molecule has 1 heterocycles. The molecule has 2 rings (SSSR count). The number of ether oxygens (including phenoxy) is 1. The van der Waals surface area contributed by atoms with Crippen LogP contribution < -0.4 is 20.3 Å². The van der Waals surface area contributed by atoms with Crippen LogP contribution in [0.1, 0.15) is 25.8 Å². The second-order valence-electron chi connectivity index (χ2n) is 5.63. The van der Waals surface area contributed by atoms with Crippen molar-refractivity contribution in [3.63, 3.8) is 0 Å². The molecule has 2 N–H and O–H groups in total. The van der Waals surface area contributed by atoms with Gasteiger partial charge in [0.05, 0.1) is 12.8 Å². The van der Waals surface area contributed by atoms with Gasteiger partial charge >= 0.3 is 0 Å². The molecule has 20 heavy (non-hydrogen) atoms. The Labute approximate surface area is 122 Å². The Kier molecular flexibility index (Phi) is 5.68. The van der Waals surface area contributed by atoms with Gasteiger partial charge in [-0.1, -0.05) is 19.9 Å². The molecule has 112 valence electrons. The van der Waals surface area contributed by atoms with Crippen molar-refractivity contribution in [3.05, 3.63) is 23.8 Å². The monoisotopic (exact) mass is 277 g/mol. The van der Waals surface area contributed by atoms with E-state index in [9.17, 15) is 0 Å². The summed E-state index contributed by atoms with van der Waals surface area (Å²) in [7, 11) is 1.76. The maximum Gasteiger partial charge on any atom is 0.142 e. The molecule has 0 atom stereocenters. The van der Waals surface area contributed by atoms with Gasteiger partial charge in [0.15, 0.2) is 0 Å². The normalized spacial score (nSPS) is 16.3. The number of nitrogens with one attached hydrogen (secondary N) is 2. The van der Waals surface area contributed by atoms with E-state index in [-0.39, 0.29) is 0 Å². The molecular formula is C16H27N3O. The highest BCUT2D eigenvalue weighted by atomic mass is 16.5. The van der Waals surface area contributed by atoms with Crippen LogP contribution in [-0.4, -0.2) is 39.3 Å². The number of nitrogens with zero attached hydrogens (tertiary/aromatic N) is 1. The molecule has 0 saturated carbocycles. The van der Waals surface area contributed by atoms with Gasteiger partial charge in [-0.2, -0.15) is 0 Å². The first-order valence-corrected chi connectivity index (χ1v) is 7.56. The molecule has 0 aliphatic carbocycles. The second-order valence-corrected chi connectivity index (χ2v) is 5.63. The quantitative estimate of drug-likeness (QED) is 0.863. The summed E-state index contributed by atoms with van der Waals surface area (Å²) in [5.41, 5.74) is 2.48. The Morgan fingerprint density at radius 2 is 2.15 bits per heavy atom. The van der Waals surface area contributed by atoms with Gasteiger partial charge in [0.1, 0.15) is 5.75 Å². The molecular weight excluding hydrogens is 250 g/mol. The van der Waals surface area contributed by atoms with Crippen LogP contribution in [0.4, 0.5) is 5.69 Å². The zero-order valence-electron chi connectivity index (χ0n) is 12.9. The number of hydrogen-bond donors (Lipinski definition) is 2. The first kappa shape index (κ1) is 15.1. The van der Waals surface area contributed by atoms with Crippen molar-refractivity contribution in [2.75, 3.05) is 38.2 Å². The maximum absolute atomic E-state index is 5.60. The molecule has 1 aromatic rings. The molecule has 1 saturated heterocycles. The fourth-order valence-corrected chi connectivity index (χ4v) is 2.50. The van der Waals surface area contributed by atoms with E-state index in [1.165, 1.54) is 17.7 Å². The van der Waals surface area contributed by atoms with E-state index in [1.807, 2.05) is 0 Å². The lowest BCUT2D eigenvalue weighted by molar-refractivity contribution is 0.413. The average molecular weight is 277 g/mol. The number of benzene rings is 1. The van der Waals surface area contributed by atoms with Gasteiger partial charge in [-0.25, -0.2) is 0 Å². The van der Waals surface area contributed by atoms with E-state index in [4.69, 9.17) is 4.74 Å². The lowest BCUT2D eigenvalue weighted by Crippen LogP contribution is -2.28. The number of hydrogen-bond acceptors (Lipinski definition) is 4. The van der Waals surface area contributed by atoms with Crippen molar-refractivity contribution in [2.24, 2.45) is 0 Å². The summed E-state index contributed by atoms with van der Waals surface area (Å²) < 4.78 is 5.60. The highest BCUT2D eigenvalue weighted by Gasteiger charge is 2.14. The van der Waals surface area contributed by atoms with Crippen molar-refractivity contribution < 1.29 is 4.74 Å². The predicted molar refractivity (Wildman–Crippen MR) is 84.7 cm³/mol. The summed E-state index contributed by atoms with van der Waals surface area (Å²) in [4.78, 5) is 2.42. The Morgan fingerprint density at radius 3 is 2.90 bits per heavy atom. The van der Waals surface area contributed by atoms with E-state index in [0.717, 1.165) is 38.5 Å². The Morgan fingerprint density at radius 1 is 1.30 bits per heavy atom. The van der Waals surface area contributed by atoms with E-state index < -0.39 is 0 Å². The van der Waals surface area contributed by atoms with Crippen molar-refractivity contribution in [2.45, 2.75) is 32.9 Å². The van der Waals surface area contributed by atoms with Gasteiger partial charge in [-0.05, 0) is 30.7 Å². The zero-order valence-corrected chi connectivity index (χ0v) is 12.9. The Hall–Kier alpha value is -1.26. The van der Waals surface area contributed by atoms with Gasteiger partial charge in [0.25, 0.3) is 0 Å². The third-order valence-electron chi connectivity index (χ3n) is 3.64. The summed E-state index contributed by atoms with van der Waals surface area (Å²) in [5, 5.41) is 6.88. The molecule has 0 aromatic heterocycles. The molecule has 4 nitrogen and oxygen atoms in total. The minimum Gasteiger partial charge on any atom is -0.495 e.